The smallest absolute Gasteiger partial charge is 0.293 e. The molecule has 0 atom stereocenters. The predicted molar refractivity (Wildman–Crippen MR) is 110 cm³/mol. The summed E-state index contributed by atoms with van der Waals surface area (Å²) in [4.78, 5) is 26.3. The van der Waals surface area contributed by atoms with E-state index in [1.807, 2.05) is 30.3 Å². The number of carbonyl (C=O) groups is 2. The van der Waals surface area contributed by atoms with Gasteiger partial charge in [0.1, 0.15) is 17.3 Å². The molecule has 1 aliphatic rings. The monoisotopic (exact) mass is 457 g/mol. The molecule has 1 fully saturated rings. The van der Waals surface area contributed by atoms with Crippen LogP contribution in [-0.4, -0.2) is 16.0 Å². The van der Waals surface area contributed by atoms with Crippen molar-refractivity contribution in [3.8, 4) is 11.3 Å². The first-order valence-electron chi connectivity index (χ1n) is 8.35. The topological polar surface area (TPSA) is 50.5 Å². The van der Waals surface area contributed by atoms with Crippen LogP contribution < -0.4 is 0 Å². The molecule has 3 aromatic rings. The molecule has 0 N–H and O–H groups in total. The Morgan fingerprint density at radius 2 is 1.71 bits per heavy atom. The fraction of sp³-hybridized carbons (Fsp3) is 0.0476. The number of halogens is 2. The van der Waals surface area contributed by atoms with E-state index < -0.39 is 0 Å². The van der Waals surface area contributed by atoms with Crippen molar-refractivity contribution in [3.05, 3.63) is 87.2 Å². The van der Waals surface area contributed by atoms with Gasteiger partial charge in [-0.1, -0.05) is 40.2 Å². The van der Waals surface area contributed by atoms with Crippen LogP contribution >= 0.6 is 27.7 Å². The highest BCUT2D eigenvalue weighted by Gasteiger charge is 2.35. The van der Waals surface area contributed by atoms with Gasteiger partial charge >= 0.3 is 0 Å². The average molecular weight is 458 g/mol. The van der Waals surface area contributed by atoms with Crippen LogP contribution in [0.15, 0.2) is 74.5 Å². The molecular weight excluding hydrogens is 445 g/mol. The fourth-order valence-electron chi connectivity index (χ4n) is 2.74. The van der Waals surface area contributed by atoms with E-state index in [4.69, 9.17) is 4.42 Å². The van der Waals surface area contributed by atoms with Gasteiger partial charge in [0.05, 0.1) is 11.4 Å². The minimum atomic E-state index is -0.388. The molecule has 0 aliphatic carbocycles. The maximum absolute atomic E-state index is 13.0. The highest BCUT2D eigenvalue weighted by atomic mass is 79.9. The summed E-state index contributed by atoms with van der Waals surface area (Å²) < 4.78 is 19.8. The second-order valence-electron chi connectivity index (χ2n) is 6.10. The molecule has 140 valence electrons. The summed E-state index contributed by atoms with van der Waals surface area (Å²) in [6, 6.07) is 17.0. The standard InChI is InChI=1S/C21H13BrFNO3S/c22-15-5-3-14(4-6-15)18-10-9-17(27-18)11-19-20(25)24(21(26)28-19)12-13-1-7-16(23)8-2-13/h1-11H,12H2/b19-11+. The first-order chi connectivity index (χ1) is 13.5. The van der Waals surface area contributed by atoms with Crippen LogP contribution in [0.25, 0.3) is 17.4 Å². The van der Waals surface area contributed by atoms with E-state index >= 15 is 0 Å². The highest BCUT2D eigenvalue weighted by molar-refractivity contribution is 9.10. The zero-order valence-corrected chi connectivity index (χ0v) is 16.8. The van der Waals surface area contributed by atoms with Gasteiger partial charge in [-0.05, 0) is 53.7 Å². The SMILES string of the molecule is O=C1S/C(=C/c2ccc(-c3ccc(Br)cc3)o2)C(=O)N1Cc1ccc(F)cc1. The summed E-state index contributed by atoms with van der Waals surface area (Å²) in [6.07, 6.45) is 1.57. The maximum Gasteiger partial charge on any atom is 0.293 e. The molecule has 0 saturated carbocycles. The lowest BCUT2D eigenvalue weighted by molar-refractivity contribution is -0.123. The molecule has 2 aromatic carbocycles. The number of rotatable bonds is 4. The lowest BCUT2D eigenvalue weighted by atomic mass is 10.2. The van der Waals surface area contributed by atoms with E-state index in [0.29, 0.717) is 22.0 Å². The average Bonchev–Trinajstić information content (AvgIpc) is 3.24. The molecule has 1 aromatic heterocycles. The largest absolute Gasteiger partial charge is 0.457 e. The third-order valence-corrected chi connectivity index (χ3v) is 5.59. The van der Waals surface area contributed by atoms with Gasteiger partial charge in [-0.25, -0.2) is 4.39 Å². The van der Waals surface area contributed by atoms with Crippen molar-refractivity contribution in [3.63, 3.8) is 0 Å². The van der Waals surface area contributed by atoms with Crippen LogP contribution in [0.4, 0.5) is 9.18 Å². The van der Waals surface area contributed by atoms with Gasteiger partial charge in [0.25, 0.3) is 11.1 Å². The Hall–Kier alpha value is -2.64. The lowest BCUT2D eigenvalue weighted by Gasteiger charge is -2.12. The zero-order chi connectivity index (χ0) is 19.7. The molecule has 7 heteroatoms. The van der Waals surface area contributed by atoms with Gasteiger partial charge < -0.3 is 4.42 Å². The van der Waals surface area contributed by atoms with Crippen molar-refractivity contribution in [2.75, 3.05) is 0 Å². The summed E-state index contributed by atoms with van der Waals surface area (Å²) in [5.41, 5.74) is 1.59. The molecule has 0 bridgehead atoms. The molecule has 4 rings (SSSR count). The number of furan rings is 1. The molecule has 1 saturated heterocycles. The number of imide groups is 1. The van der Waals surface area contributed by atoms with E-state index in [9.17, 15) is 14.0 Å². The molecule has 1 aliphatic heterocycles. The van der Waals surface area contributed by atoms with Crippen LogP contribution in [-0.2, 0) is 11.3 Å². The molecule has 4 nitrogen and oxygen atoms in total. The number of carbonyl (C=O) groups excluding carboxylic acids is 2. The number of hydrogen-bond donors (Lipinski definition) is 0. The Labute approximate surface area is 173 Å². The third kappa shape index (κ3) is 3.95. The van der Waals surface area contributed by atoms with Crippen molar-refractivity contribution >= 4 is 44.9 Å². The van der Waals surface area contributed by atoms with Gasteiger partial charge in [-0.15, -0.1) is 0 Å². The van der Waals surface area contributed by atoms with E-state index in [1.54, 1.807) is 24.3 Å². The van der Waals surface area contributed by atoms with Crippen molar-refractivity contribution < 1.29 is 18.4 Å². The van der Waals surface area contributed by atoms with E-state index in [2.05, 4.69) is 15.9 Å². The first-order valence-corrected chi connectivity index (χ1v) is 9.96. The second kappa shape index (κ2) is 7.77. The number of nitrogens with zero attached hydrogens (tertiary/aromatic N) is 1. The minimum Gasteiger partial charge on any atom is -0.457 e. The summed E-state index contributed by atoms with van der Waals surface area (Å²) in [5.74, 6) is 0.410. The molecule has 28 heavy (non-hydrogen) atoms. The number of hydrogen-bond acceptors (Lipinski definition) is 4. The Bertz CT molecular complexity index is 1070. The van der Waals surface area contributed by atoms with Gasteiger partial charge in [-0.3, -0.25) is 14.5 Å². The highest BCUT2D eigenvalue weighted by Crippen LogP contribution is 2.34. The van der Waals surface area contributed by atoms with Crippen molar-refractivity contribution in [2.45, 2.75) is 6.54 Å². The van der Waals surface area contributed by atoms with Gasteiger partial charge in [0.15, 0.2) is 0 Å². The molecular formula is C21H13BrFNO3S. The van der Waals surface area contributed by atoms with Crippen LogP contribution in [0, 0.1) is 5.82 Å². The first kappa shape index (κ1) is 18.7. The predicted octanol–water partition coefficient (Wildman–Crippen LogP) is 6.08. The van der Waals surface area contributed by atoms with Crippen LogP contribution in [0.3, 0.4) is 0 Å². The Balaban J connectivity index is 1.52. The van der Waals surface area contributed by atoms with E-state index in [1.165, 1.54) is 12.1 Å². The second-order valence-corrected chi connectivity index (χ2v) is 8.01. The number of amides is 2. The lowest BCUT2D eigenvalue weighted by Crippen LogP contribution is -2.27. The summed E-state index contributed by atoms with van der Waals surface area (Å²) in [7, 11) is 0. The van der Waals surface area contributed by atoms with Gasteiger partial charge in [0, 0.05) is 16.1 Å². The summed E-state index contributed by atoms with van der Waals surface area (Å²) in [5, 5.41) is -0.361. The summed E-state index contributed by atoms with van der Waals surface area (Å²) >= 11 is 4.26. The van der Waals surface area contributed by atoms with E-state index in [-0.39, 0.29) is 23.5 Å². The zero-order valence-electron chi connectivity index (χ0n) is 14.4. The maximum atomic E-state index is 13.0. The van der Waals surface area contributed by atoms with Crippen molar-refractivity contribution in [1.29, 1.82) is 0 Å². The number of benzene rings is 2. The quantitative estimate of drug-likeness (QED) is 0.445. The van der Waals surface area contributed by atoms with Crippen molar-refractivity contribution in [2.24, 2.45) is 0 Å². The summed E-state index contributed by atoms with van der Waals surface area (Å²) in [6.45, 7) is 0.102. The minimum absolute atomic E-state index is 0.102. The molecule has 0 radical (unpaired) electrons. The molecule has 2 heterocycles. The molecule has 0 spiro atoms. The third-order valence-electron chi connectivity index (χ3n) is 4.16. The van der Waals surface area contributed by atoms with Crippen LogP contribution in [0.5, 0.6) is 0 Å². The molecule has 2 amide bonds. The number of thioether (sulfide) groups is 1. The fourth-order valence-corrected chi connectivity index (χ4v) is 3.82. The van der Waals surface area contributed by atoms with Crippen molar-refractivity contribution in [1.82, 2.24) is 4.90 Å². The normalized spacial score (nSPS) is 15.6. The Morgan fingerprint density at radius 3 is 2.43 bits per heavy atom. The van der Waals surface area contributed by atoms with Crippen LogP contribution in [0.1, 0.15) is 11.3 Å². The van der Waals surface area contributed by atoms with Crippen LogP contribution in [0.2, 0.25) is 0 Å². The molecule has 0 unspecified atom stereocenters. The Morgan fingerprint density at radius 1 is 1.00 bits per heavy atom. The van der Waals surface area contributed by atoms with Gasteiger partial charge in [-0.2, -0.15) is 0 Å². The Kier molecular flexibility index (Phi) is 5.19. The van der Waals surface area contributed by atoms with Gasteiger partial charge in [0.2, 0.25) is 0 Å². The van der Waals surface area contributed by atoms with E-state index in [0.717, 1.165) is 26.7 Å².